The second-order valence-electron chi connectivity index (χ2n) is 5.68. The lowest BCUT2D eigenvalue weighted by atomic mass is 9.97. The number of carbonyl (C=O) groups is 2. The Bertz CT molecular complexity index is 960. The molecule has 0 aliphatic carbocycles. The molecule has 2 heterocycles. The summed E-state index contributed by atoms with van der Waals surface area (Å²) >= 11 is 12.3. The molecule has 1 N–H and O–H groups in total. The summed E-state index contributed by atoms with van der Waals surface area (Å²) in [6.07, 6.45) is 1.89. The van der Waals surface area contributed by atoms with Gasteiger partial charge in [-0.1, -0.05) is 47.5 Å². The van der Waals surface area contributed by atoms with Crippen LogP contribution in [0.3, 0.4) is 0 Å². The van der Waals surface area contributed by atoms with E-state index in [-0.39, 0.29) is 34.0 Å². The quantitative estimate of drug-likeness (QED) is 0.684. The molecule has 120 valence electrons. The van der Waals surface area contributed by atoms with Crippen LogP contribution in [0.1, 0.15) is 17.9 Å². The minimum absolute atomic E-state index is 0.0994. The van der Waals surface area contributed by atoms with Gasteiger partial charge in [-0.05, 0) is 23.8 Å². The van der Waals surface area contributed by atoms with E-state index >= 15 is 0 Å². The Morgan fingerprint density at radius 2 is 1.71 bits per heavy atom. The average Bonchev–Trinajstić information content (AvgIpc) is 3.10. The maximum atomic E-state index is 12.9. The highest BCUT2D eigenvalue weighted by atomic mass is 35.5. The van der Waals surface area contributed by atoms with Gasteiger partial charge in [-0.25, -0.2) is 4.90 Å². The number of imide groups is 1. The highest BCUT2D eigenvalue weighted by molar-refractivity contribution is 6.42. The van der Waals surface area contributed by atoms with Crippen molar-refractivity contribution in [3.8, 4) is 0 Å². The van der Waals surface area contributed by atoms with Gasteiger partial charge >= 0.3 is 0 Å². The van der Waals surface area contributed by atoms with Crippen LogP contribution < -0.4 is 4.90 Å². The lowest BCUT2D eigenvalue weighted by Crippen LogP contribution is -2.30. The summed E-state index contributed by atoms with van der Waals surface area (Å²) in [6.45, 7) is 0. The fraction of sp³-hybridized carbons (Fsp3) is 0.111. The van der Waals surface area contributed by atoms with Crippen molar-refractivity contribution in [2.45, 2.75) is 12.3 Å². The van der Waals surface area contributed by atoms with Crippen LogP contribution in [0.15, 0.2) is 48.7 Å². The second-order valence-corrected chi connectivity index (χ2v) is 6.50. The number of fused-ring (bicyclic) bond motifs is 1. The van der Waals surface area contributed by atoms with Crippen LogP contribution in [0.4, 0.5) is 5.69 Å². The summed E-state index contributed by atoms with van der Waals surface area (Å²) in [5.74, 6) is -1.15. The monoisotopic (exact) mass is 358 g/mol. The number of para-hydroxylation sites is 2. The van der Waals surface area contributed by atoms with Crippen molar-refractivity contribution in [1.29, 1.82) is 0 Å². The van der Waals surface area contributed by atoms with E-state index in [2.05, 4.69) is 4.98 Å². The number of halogens is 2. The zero-order valence-electron chi connectivity index (χ0n) is 12.4. The zero-order chi connectivity index (χ0) is 16.8. The van der Waals surface area contributed by atoms with Gasteiger partial charge in [-0.15, -0.1) is 0 Å². The molecule has 3 aromatic rings. The highest BCUT2D eigenvalue weighted by Gasteiger charge is 2.42. The van der Waals surface area contributed by atoms with E-state index < -0.39 is 5.92 Å². The Labute approximate surface area is 148 Å². The Kier molecular flexibility index (Phi) is 3.59. The first kappa shape index (κ1) is 15.2. The molecule has 4 rings (SSSR count). The van der Waals surface area contributed by atoms with Gasteiger partial charge in [-0.2, -0.15) is 0 Å². The molecular formula is C18H12Cl2N2O2. The number of H-pyrrole nitrogens is 1. The predicted octanol–water partition coefficient (Wildman–Crippen LogP) is 4.52. The van der Waals surface area contributed by atoms with Crippen LogP contribution in [-0.2, 0) is 9.59 Å². The van der Waals surface area contributed by atoms with Crippen molar-refractivity contribution in [3.05, 3.63) is 64.3 Å². The minimum Gasteiger partial charge on any atom is -0.361 e. The lowest BCUT2D eigenvalue weighted by molar-refractivity contribution is -0.121. The minimum atomic E-state index is -0.541. The van der Waals surface area contributed by atoms with Crippen molar-refractivity contribution >= 4 is 51.6 Å². The molecule has 6 heteroatoms. The number of hydrogen-bond acceptors (Lipinski definition) is 2. The maximum Gasteiger partial charge on any atom is 0.242 e. The maximum absolute atomic E-state index is 12.9. The predicted molar refractivity (Wildman–Crippen MR) is 94.6 cm³/mol. The third kappa shape index (κ3) is 2.22. The molecule has 0 radical (unpaired) electrons. The molecule has 1 aliphatic rings. The van der Waals surface area contributed by atoms with E-state index in [1.54, 1.807) is 24.4 Å². The Morgan fingerprint density at radius 3 is 2.46 bits per heavy atom. The molecule has 0 spiro atoms. The fourth-order valence-corrected chi connectivity index (χ4v) is 3.76. The smallest absolute Gasteiger partial charge is 0.242 e. The van der Waals surface area contributed by atoms with Crippen LogP contribution in [0.25, 0.3) is 10.9 Å². The normalized spacial score (nSPS) is 17.9. The summed E-state index contributed by atoms with van der Waals surface area (Å²) in [6, 6.07) is 12.6. The van der Waals surface area contributed by atoms with Crippen molar-refractivity contribution in [1.82, 2.24) is 4.98 Å². The number of aromatic nitrogens is 1. The van der Waals surface area contributed by atoms with Gasteiger partial charge in [0, 0.05) is 23.5 Å². The third-order valence-electron chi connectivity index (χ3n) is 4.30. The summed E-state index contributed by atoms with van der Waals surface area (Å²) in [7, 11) is 0. The molecule has 1 aromatic heterocycles. The lowest BCUT2D eigenvalue weighted by Gasteiger charge is -2.17. The van der Waals surface area contributed by atoms with Crippen LogP contribution in [-0.4, -0.2) is 16.8 Å². The molecule has 1 fully saturated rings. The topological polar surface area (TPSA) is 53.2 Å². The van der Waals surface area contributed by atoms with E-state index in [0.717, 1.165) is 21.4 Å². The first-order valence-corrected chi connectivity index (χ1v) is 8.20. The third-order valence-corrected chi connectivity index (χ3v) is 4.91. The number of hydrogen-bond donors (Lipinski definition) is 1. The number of rotatable bonds is 2. The van der Waals surface area contributed by atoms with Crippen molar-refractivity contribution in [2.75, 3.05) is 4.90 Å². The van der Waals surface area contributed by atoms with E-state index in [1.807, 2.05) is 24.3 Å². The van der Waals surface area contributed by atoms with Gasteiger partial charge in [0.05, 0.1) is 21.7 Å². The van der Waals surface area contributed by atoms with Gasteiger partial charge in [0.15, 0.2) is 0 Å². The molecule has 4 nitrogen and oxygen atoms in total. The van der Waals surface area contributed by atoms with Crippen LogP contribution >= 0.6 is 23.2 Å². The van der Waals surface area contributed by atoms with Crippen LogP contribution in [0.5, 0.6) is 0 Å². The summed E-state index contributed by atoms with van der Waals surface area (Å²) in [5, 5.41) is 1.50. The molecule has 1 atom stereocenters. The molecule has 1 unspecified atom stereocenters. The Morgan fingerprint density at radius 1 is 1.00 bits per heavy atom. The van der Waals surface area contributed by atoms with Crippen molar-refractivity contribution in [3.63, 3.8) is 0 Å². The second kappa shape index (κ2) is 5.65. The fourth-order valence-electron chi connectivity index (χ4n) is 3.19. The van der Waals surface area contributed by atoms with Crippen LogP contribution in [0, 0.1) is 0 Å². The summed E-state index contributed by atoms with van der Waals surface area (Å²) in [5.41, 5.74) is 2.01. The number of aromatic amines is 1. The van der Waals surface area contributed by atoms with E-state index in [4.69, 9.17) is 23.2 Å². The molecular weight excluding hydrogens is 347 g/mol. The molecule has 24 heavy (non-hydrogen) atoms. The number of amides is 2. The largest absolute Gasteiger partial charge is 0.361 e. The highest BCUT2D eigenvalue weighted by Crippen LogP contribution is 2.41. The number of nitrogens with one attached hydrogen (secondary N) is 1. The molecule has 1 aliphatic heterocycles. The van der Waals surface area contributed by atoms with Gasteiger partial charge in [-0.3, -0.25) is 9.59 Å². The standard InChI is InChI=1S/C18H12Cl2N2O2/c19-13-5-3-6-14(20)17(13)22-16(23)8-11(18(22)24)12-9-21-15-7-2-1-4-10(12)15/h1-7,9,11,21H,8H2. The number of carbonyl (C=O) groups excluding carboxylic acids is 2. The molecule has 1 saturated heterocycles. The number of benzene rings is 2. The first-order chi connectivity index (χ1) is 11.6. The van der Waals surface area contributed by atoms with Gasteiger partial charge in [0.1, 0.15) is 0 Å². The average molecular weight is 359 g/mol. The Balaban J connectivity index is 1.80. The molecule has 0 saturated carbocycles. The van der Waals surface area contributed by atoms with Gasteiger partial charge in [0.25, 0.3) is 0 Å². The summed E-state index contributed by atoms with van der Waals surface area (Å²) < 4.78 is 0. The van der Waals surface area contributed by atoms with Crippen molar-refractivity contribution in [2.24, 2.45) is 0 Å². The van der Waals surface area contributed by atoms with Crippen molar-refractivity contribution < 1.29 is 9.59 Å². The SMILES string of the molecule is O=C1CC(c2c[nH]c3ccccc23)C(=O)N1c1c(Cl)cccc1Cl. The number of nitrogens with zero attached hydrogens (tertiary/aromatic N) is 1. The van der Waals surface area contributed by atoms with Crippen LogP contribution in [0.2, 0.25) is 10.0 Å². The number of anilines is 1. The summed E-state index contributed by atoms with van der Waals surface area (Å²) in [4.78, 5) is 29.7. The molecule has 2 amide bonds. The van der Waals surface area contributed by atoms with E-state index in [1.165, 1.54) is 0 Å². The zero-order valence-corrected chi connectivity index (χ0v) is 13.9. The van der Waals surface area contributed by atoms with E-state index in [9.17, 15) is 9.59 Å². The van der Waals surface area contributed by atoms with Gasteiger partial charge in [0.2, 0.25) is 11.8 Å². The molecule has 0 bridgehead atoms. The Hall–Kier alpha value is -2.30. The van der Waals surface area contributed by atoms with Gasteiger partial charge < -0.3 is 4.98 Å². The van der Waals surface area contributed by atoms with E-state index in [0.29, 0.717) is 0 Å². The molecule has 2 aromatic carbocycles. The first-order valence-electron chi connectivity index (χ1n) is 7.44.